The molecular formula is C5H6N2O2S. The lowest BCUT2D eigenvalue weighted by molar-refractivity contribution is 0.460. The second kappa shape index (κ2) is 2.74. The molecule has 0 spiro atoms. The molecule has 0 radical (unpaired) electrons. The van der Waals surface area contributed by atoms with E-state index in [2.05, 4.69) is 9.97 Å². The highest BCUT2D eigenvalue weighted by atomic mass is 32.2. The maximum atomic E-state index is 10.6. The molecule has 0 fully saturated rings. The molecular weight excluding hydrogens is 152 g/mol. The molecule has 0 aliphatic rings. The van der Waals surface area contributed by atoms with Gasteiger partial charge in [0.25, 0.3) is 5.56 Å². The molecule has 5 heteroatoms. The summed E-state index contributed by atoms with van der Waals surface area (Å²) in [4.78, 5) is 16.7. The van der Waals surface area contributed by atoms with Crippen LogP contribution >= 0.6 is 11.8 Å². The fourth-order valence-electron chi connectivity index (χ4n) is 0.476. The predicted molar refractivity (Wildman–Crippen MR) is 38.3 cm³/mol. The maximum absolute atomic E-state index is 10.6. The minimum absolute atomic E-state index is 0.349. The largest absolute Gasteiger partial charge is 0.502 e. The van der Waals surface area contributed by atoms with E-state index in [9.17, 15) is 4.79 Å². The molecule has 0 unspecified atom stereocenters. The molecule has 54 valence electrons. The molecule has 0 aliphatic carbocycles. The van der Waals surface area contributed by atoms with Gasteiger partial charge in [-0.15, -0.1) is 0 Å². The molecule has 0 aliphatic heterocycles. The summed E-state index contributed by atoms with van der Waals surface area (Å²) < 4.78 is 0. The Labute approximate surface area is 61.3 Å². The lowest BCUT2D eigenvalue weighted by atomic mass is 10.6. The van der Waals surface area contributed by atoms with Gasteiger partial charge in [0.05, 0.1) is 6.20 Å². The average molecular weight is 158 g/mol. The van der Waals surface area contributed by atoms with E-state index >= 15 is 0 Å². The molecule has 10 heavy (non-hydrogen) atoms. The summed E-state index contributed by atoms with van der Waals surface area (Å²) in [6.07, 6.45) is 2.92. The lowest BCUT2D eigenvalue weighted by Crippen LogP contribution is -2.06. The number of thioether (sulfide) groups is 1. The quantitative estimate of drug-likeness (QED) is 0.452. The van der Waals surface area contributed by atoms with E-state index in [1.807, 2.05) is 0 Å². The van der Waals surface area contributed by atoms with Crippen LogP contribution in [0.25, 0.3) is 0 Å². The van der Waals surface area contributed by atoms with Gasteiger partial charge < -0.3 is 5.11 Å². The first-order valence-electron chi connectivity index (χ1n) is 2.56. The van der Waals surface area contributed by atoms with Crippen LogP contribution in [0.3, 0.4) is 0 Å². The van der Waals surface area contributed by atoms with Gasteiger partial charge in [-0.25, -0.2) is 4.98 Å². The van der Waals surface area contributed by atoms with Crippen LogP contribution in [-0.2, 0) is 0 Å². The molecule has 0 saturated carbocycles. The number of nitrogens with zero attached hydrogens (tertiary/aromatic N) is 1. The molecule has 1 aromatic rings. The predicted octanol–water partition coefficient (Wildman–Crippen LogP) is 0.197. The Morgan fingerprint density at radius 3 is 3.00 bits per heavy atom. The summed E-state index contributed by atoms with van der Waals surface area (Å²) in [7, 11) is 0. The number of aromatic nitrogens is 2. The van der Waals surface area contributed by atoms with E-state index in [1.165, 1.54) is 11.8 Å². The third kappa shape index (κ3) is 1.30. The average Bonchev–Trinajstić information content (AvgIpc) is 1.95. The van der Waals surface area contributed by atoms with E-state index in [0.717, 1.165) is 6.20 Å². The Morgan fingerprint density at radius 1 is 1.80 bits per heavy atom. The van der Waals surface area contributed by atoms with Crippen molar-refractivity contribution in [2.75, 3.05) is 6.26 Å². The van der Waals surface area contributed by atoms with Gasteiger partial charge in [-0.2, -0.15) is 0 Å². The highest BCUT2D eigenvalue weighted by molar-refractivity contribution is 7.98. The molecule has 0 atom stereocenters. The van der Waals surface area contributed by atoms with Crippen LogP contribution in [0.15, 0.2) is 16.1 Å². The summed E-state index contributed by atoms with van der Waals surface area (Å²) in [5, 5.41) is 9.23. The zero-order valence-corrected chi connectivity index (χ0v) is 6.10. The summed E-state index contributed by atoms with van der Waals surface area (Å²) in [5.74, 6) is -0.349. The van der Waals surface area contributed by atoms with Gasteiger partial charge >= 0.3 is 0 Å². The number of rotatable bonds is 1. The van der Waals surface area contributed by atoms with Crippen molar-refractivity contribution in [1.29, 1.82) is 0 Å². The summed E-state index contributed by atoms with van der Waals surface area (Å²) in [5.41, 5.74) is -0.501. The van der Waals surface area contributed by atoms with Crippen LogP contribution in [-0.4, -0.2) is 21.3 Å². The normalized spacial score (nSPS) is 9.70. The van der Waals surface area contributed by atoms with Crippen LogP contribution in [0.4, 0.5) is 0 Å². The van der Waals surface area contributed by atoms with Gasteiger partial charge in [0, 0.05) is 0 Å². The first-order valence-corrected chi connectivity index (χ1v) is 3.79. The zero-order chi connectivity index (χ0) is 7.56. The number of H-pyrrole nitrogens is 1. The number of aromatic amines is 1. The van der Waals surface area contributed by atoms with Crippen LogP contribution < -0.4 is 5.56 Å². The Balaban J connectivity index is 3.17. The number of hydrogen-bond donors (Lipinski definition) is 2. The summed E-state index contributed by atoms with van der Waals surface area (Å²) in [6, 6.07) is 0. The van der Waals surface area contributed by atoms with Crippen molar-refractivity contribution in [3.05, 3.63) is 16.6 Å². The van der Waals surface area contributed by atoms with Crippen LogP contribution in [0.1, 0.15) is 0 Å². The van der Waals surface area contributed by atoms with Crippen LogP contribution in [0, 0.1) is 0 Å². The second-order valence-electron chi connectivity index (χ2n) is 1.61. The maximum Gasteiger partial charge on any atom is 0.293 e. The molecule has 1 rings (SSSR count). The van der Waals surface area contributed by atoms with Crippen molar-refractivity contribution >= 4 is 11.8 Å². The van der Waals surface area contributed by atoms with Crippen molar-refractivity contribution in [2.24, 2.45) is 0 Å². The van der Waals surface area contributed by atoms with E-state index in [0.29, 0.717) is 5.16 Å². The van der Waals surface area contributed by atoms with Crippen molar-refractivity contribution in [1.82, 2.24) is 9.97 Å². The summed E-state index contributed by atoms with van der Waals surface area (Å²) in [6.45, 7) is 0. The molecule has 0 aromatic carbocycles. The minimum atomic E-state index is -0.501. The van der Waals surface area contributed by atoms with Gasteiger partial charge in [0.2, 0.25) is 0 Å². The van der Waals surface area contributed by atoms with E-state index in [-0.39, 0.29) is 5.75 Å². The fourth-order valence-corrected chi connectivity index (χ4v) is 0.828. The van der Waals surface area contributed by atoms with Gasteiger partial charge in [0.15, 0.2) is 10.9 Å². The Hall–Kier alpha value is -0.970. The third-order valence-corrected chi connectivity index (χ3v) is 1.54. The van der Waals surface area contributed by atoms with Crippen molar-refractivity contribution < 1.29 is 5.11 Å². The highest BCUT2D eigenvalue weighted by Crippen LogP contribution is 2.05. The van der Waals surface area contributed by atoms with Crippen molar-refractivity contribution in [3.63, 3.8) is 0 Å². The number of nitrogens with one attached hydrogen (secondary N) is 1. The lowest BCUT2D eigenvalue weighted by Gasteiger charge is -1.92. The molecule has 0 amide bonds. The molecule has 1 heterocycles. The Morgan fingerprint density at radius 2 is 2.50 bits per heavy atom. The van der Waals surface area contributed by atoms with Gasteiger partial charge in [0.1, 0.15) is 0 Å². The first-order chi connectivity index (χ1) is 4.74. The standard InChI is InChI=1S/C5H6N2O2S/c1-10-5-6-2-3(8)4(9)7-5/h2,8H,1H3,(H,6,7,9). The van der Waals surface area contributed by atoms with Crippen molar-refractivity contribution in [3.8, 4) is 5.75 Å². The Bertz CT molecular complexity index is 283. The molecule has 0 saturated heterocycles. The second-order valence-corrected chi connectivity index (χ2v) is 2.40. The molecule has 1 aromatic heterocycles. The van der Waals surface area contributed by atoms with Gasteiger partial charge in [-0.1, -0.05) is 11.8 Å². The van der Waals surface area contributed by atoms with Crippen LogP contribution in [0.2, 0.25) is 0 Å². The molecule has 0 bridgehead atoms. The third-order valence-electron chi connectivity index (χ3n) is 0.951. The SMILES string of the molecule is CSc1ncc(O)c(=O)[nH]1. The Kier molecular flexibility index (Phi) is 1.96. The first kappa shape index (κ1) is 7.14. The fraction of sp³-hybridized carbons (Fsp3) is 0.200. The highest BCUT2D eigenvalue weighted by Gasteiger charge is 1.96. The molecule has 4 nitrogen and oxygen atoms in total. The van der Waals surface area contributed by atoms with Gasteiger partial charge in [-0.05, 0) is 6.26 Å². The number of hydrogen-bond acceptors (Lipinski definition) is 4. The number of aromatic hydroxyl groups is 1. The molecule has 2 N–H and O–H groups in total. The summed E-state index contributed by atoms with van der Waals surface area (Å²) >= 11 is 1.31. The van der Waals surface area contributed by atoms with E-state index in [1.54, 1.807) is 6.26 Å². The van der Waals surface area contributed by atoms with E-state index < -0.39 is 5.56 Å². The topological polar surface area (TPSA) is 66.0 Å². The van der Waals surface area contributed by atoms with Crippen molar-refractivity contribution in [2.45, 2.75) is 5.16 Å². The zero-order valence-electron chi connectivity index (χ0n) is 5.29. The monoisotopic (exact) mass is 158 g/mol. The minimum Gasteiger partial charge on any atom is -0.502 e. The van der Waals surface area contributed by atoms with Crippen LogP contribution in [0.5, 0.6) is 5.75 Å². The van der Waals surface area contributed by atoms with Gasteiger partial charge in [-0.3, -0.25) is 9.78 Å². The smallest absolute Gasteiger partial charge is 0.293 e. The van der Waals surface area contributed by atoms with E-state index in [4.69, 9.17) is 5.11 Å².